The van der Waals surface area contributed by atoms with Crippen molar-refractivity contribution < 1.29 is 4.74 Å². The molecule has 7 nitrogen and oxygen atoms in total. The van der Waals surface area contributed by atoms with Gasteiger partial charge in [0.15, 0.2) is 0 Å². The topological polar surface area (TPSA) is 66.4 Å². The van der Waals surface area contributed by atoms with Crippen LogP contribution in [0.2, 0.25) is 0 Å². The van der Waals surface area contributed by atoms with Crippen LogP contribution in [0.15, 0.2) is 0 Å². The van der Waals surface area contributed by atoms with E-state index >= 15 is 0 Å². The Kier molecular flexibility index (Phi) is 5.17. The van der Waals surface area contributed by atoms with Crippen molar-refractivity contribution in [2.75, 3.05) is 49.4 Å². The fraction of sp³-hybridized carbons (Fsp3) is 0.786. The molecule has 0 bridgehead atoms. The molecule has 1 saturated heterocycles. The number of rotatable bonds is 6. The van der Waals surface area contributed by atoms with Crippen molar-refractivity contribution in [3.05, 3.63) is 0 Å². The van der Waals surface area contributed by atoms with Crippen LogP contribution in [0.5, 0.6) is 0 Å². The minimum atomic E-state index is 0.196. The monoisotopic (exact) mass is 294 g/mol. The molecule has 0 aromatic carbocycles. The lowest BCUT2D eigenvalue weighted by Gasteiger charge is -2.27. The van der Waals surface area contributed by atoms with E-state index in [0.29, 0.717) is 23.9 Å². The van der Waals surface area contributed by atoms with Gasteiger partial charge >= 0.3 is 0 Å². The van der Waals surface area contributed by atoms with E-state index in [0.717, 1.165) is 26.0 Å². The fourth-order valence-corrected chi connectivity index (χ4v) is 2.40. The molecular weight excluding hydrogens is 268 g/mol. The summed E-state index contributed by atoms with van der Waals surface area (Å²) in [5.74, 6) is 1.98. The molecule has 0 saturated carbocycles. The lowest BCUT2D eigenvalue weighted by molar-refractivity contribution is 0.118. The SMILES string of the molecule is CCCNc1nc(N(C)C)nc(N(C)C2CCOC2C)n1. The van der Waals surface area contributed by atoms with Crippen molar-refractivity contribution in [2.45, 2.75) is 38.8 Å². The first-order valence-electron chi connectivity index (χ1n) is 7.54. The Morgan fingerprint density at radius 2 is 1.90 bits per heavy atom. The van der Waals surface area contributed by atoms with E-state index in [4.69, 9.17) is 4.74 Å². The molecule has 1 aliphatic rings. The van der Waals surface area contributed by atoms with Crippen LogP contribution in [0.1, 0.15) is 26.7 Å². The molecule has 7 heteroatoms. The van der Waals surface area contributed by atoms with Crippen molar-refractivity contribution in [1.29, 1.82) is 0 Å². The Morgan fingerprint density at radius 1 is 1.19 bits per heavy atom. The molecule has 2 heterocycles. The molecule has 0 radical (unpaired) electrons. The first-order chi connectivity index (χ1) is 10.0. The van der Waals surface area contributed by atoms with Gasteiger partial charge in [-0.2, -0.15) is 15.0 Å². The van der Waals surface area contributed by atoms with Crippen molar-refractivity contribution in [1.82, 2.24) is 15.0 Å². The highest BCUT2D eigenvalue weighted by molar-refractivity contribution is 5.45. The second kappa shape index (κ2) is 6.89. The van der Waals surface area contributed by atoms with E-state index < -0.39 is 0 Å². The number of likely N-dealkylation sites (N-methyl/N-ethyl adjacent to an activating group) is 1. The normalized spacial score (nSPS) is 21.4. The van der Waals surface area contributed by atoms with E-state index in [1.165, 1.54) is 0 Å². The summed E-state index contributed by atoms with van der Waals surface area (Å²) in [7, 11) is 5.89. The average molecular weight is 294 g/mol. The number of aromatic nitrogens is 3. The van der Waals surface area contributed by atoms with E-state index in [1.807, 2.05) is 26.0 Å². The lowest BCUT2D eigenvalue weighted by Crippen LogP contribution is -2.38. The van der Waals surface area contributed by atoms with Gasteiger partial charge < -0.3 is 19.9 Å². The van der Waals surface area contributed by atoms with Gasteiger partial charge in [0.25, 0.3) is 0 Å². The summed E-state index contributed by atoms with van der Waals surface area (Å²) in [6, 6.07) is 0.307. The maximum Gasteiger partial charge on any atom is 0.232 e. The molecule has 1 N–H and O–H groups in total. The Balaban J connectivity index is 2.25. The summed E-state index contributed by atoms with van der Waals surface area (Å²) in [6.45, 7) is 5.86. The Morgan fingerprint density at radius 3 is 2.48 bits per heavy atom. The maximum absolute atomic E-state index is 5.64. The van der Waals surface area contributed by atoms with Crippen molar-refractivity contribution in [2.24, 2.45) is 0 Å². The van der Waals surface area contributed by atoms with Crippen LogP contribution in [0, 0.1) is 0 Å². The van der Waals surface area contributed by atoms with Gasteiger partial charge in [-0.05, 0) is 19.8 Å². The summed E-state index contributed by atoms with van der Waals surface area (Å²) < 4.78 is 5.64. The number of hydrogen-bond donors (Lipinski definition) is 1. The maximum atomic E-state index is 5.64. The molecule has 0 spiro atoms. The fourth-order valence-electron chi connectivity index (χ4n) is 2.40. The smallest absolute Gasteiger partial charge is 0.232 e. The molecule has 0 amide bonds. The second-order valence-corrected chi connectivity index (χ2v) is 5.62. The molecule has 2 unspecified atom stereocenters. The van der Waals surface area contributed by atoms with Gasteiger partial charge in [0.2, 0.25) is 17.8 Å². The molecule has 1 aliphatic heterocycles. The molecule has 118 valence electrons. The molecule has 1 fully saturated rings. The molecule has 1 aromatic heterocycles. The number of hydrogen-bond acceptors (Lipinski definition) is 7. The van der Waals surface area contributed by atoms with Gasteiger partial charge in [-0.1, -0.05) is 6.92 Å². The molecular formula is C14H26N6O. The predicted octanol–water partition coefficient (Wildman–Crippen LogP) is 1.37. The van der Waals surface area contributed by atoms with Gasteiger partial charge in [0.05, 0.1) is 12.1 Å². The van der Waals surface area contributed by atoms with Gasteiger partial charge in [-0.15, -0.1) is 0 Å². The van der Waals surface area contributed by atoms with Crippen LogP contribution in [-0.2, 0) is 4.74 Å². The van der Waals surface area contributed by atoms with Crippen molar-refractivity contribution in [3.8, 4) is 0 Å². The highest BCUT2D eigenvalue weighted by atomic mass is 16.5. The van der Waals surface area contributed by atoms with Crippen LogP contribution in [0.4, 0.5) is 17.8 Å². The first-order valence-corrected chi connectivity index (χ1v) is 7.54. The first kappa shape index (κ1) is 15.8. The number of anilines is 3. The van der Waals surface area contributed by atoms with Crippen molar-refractivity contribution in [3.63, 3.8) is 0 Å². The zero-order chi connectivity index (χ0) is 15.4. The van der Waals surface area contributed by atoms with Gasteiger partial charge in [-0.3, -0.25) is 0 Å². The van der Waals surface area contributed by atoms with E-state index in [2.05, 4.69) is 39.0 Å². The van der Waals surface area contributed by atoms with E-state index in [1.54, 1.807) is 0 Å². The Bertz CT molecular complexity index is 467. The lowest BCUT2D eigenvalue weighted by atomic mass is 10.1. The summed E-state index contributed by atoms with van der Waals surface area (Å²) in [6.07, 6.45) is 2.22. The van der Waals surface area contributed by atoms with Gasteiger partial charge in [0.1, 0.15) is 0 Å². The van der Waals surface area contributed by atoms with E-state index in [-0.39, 0.29) is 6.10 Å². The molecule has 0 aliphatic carbocycles. The van der Waals surface area contributed by atoms with Crippen LogP contribution in [0.25, 0.3) is 0 Å². The highest BCUT2D eigenvalue weighted by Gasteiger charge is 2.29. The van der Waals surface area contributed by atoms with Crippen LogP contribution >= 0.6 is 0 Å². The third kappa shape index (κ3) is 3.72. The number of nitrogens with one attached hydrogen (secondary N) is 1. The summed E-state index contributed by atoms with van der Waals surface area (Å²) in [5.41, 5.74) is 0. The van der Waals surface area contributed by atoms with Crippen LogP contribution in [0.3, 0.4) is 0 Å². The highest BCUT2D eigenvalue weighted by Crippen LogP contribution is 2.23. The second-order valence-electron chi connectivity index (χ2n) is 5.62. The van der Waals surface area contributed by atoms with Gasteiger partial charge in [0, 0.05) is 34.3 Å². The summed E-state index contributed by atoms with van der Waals surface area (Å²) >= 11 is 0. The van der Waals surface area contributed by atoms with E-state index in [9.17, 15) is 0 Å². The summed E-state index contributed by atoms with van der Waals surface area (Å²) in [5, 5.41) is 3.24. The molecule has 2 atom stereocenters. The Hall–Kier alpha value is -1.63. The largest absolute Gasteiger partial charge is 0.376 e. The Labute approximate surface area is 126 Å². The molecule has 2 rings (SSSR count). The minimum absolute atomic E-state index is 0.196. The van der Waals surface area contributed by atoms with Crippen LogP contribution < -0.4 is 15.1 Å². The quantitative estimate of drug-likeness (QED) is 0.850. The predicted molar refractivity (Wildman–Crippen MR) is 85.2 cm³/mol. The minimum Gasteiger partial charge on any atom is -0.376 e. The van der Waals surface area contributed by atoms with Crippen molar-refractivity contribution >= 4 is 17.8 Å². The third-order valence-corrected chi connectivity index (χ3v) is 3.69. The average Bonchev–Trinajstić information content (AvgIpc) is 2.90. The third-order valence-electron chi connectivity index (χ3n) is 3.69. The zero-order valence-corrected chi connectivity index (χ0v) is 13.6. The zero-order valence-electron chi connectivity index (χ0n) is 13.6. The van der Waals surface area contributed by atoms with Gasteiger partial charge in [-0.25, -0.2) is 0 Å². The number of ether oxygens (including phenoxy) is 1. The number of nitrogens with zero attached hydrogens (tertiary/aromatic N) is 5. The molecule has 1 aromatic rings. The molecule has 21 heavy (non-hydrogen) atoms. The standard InChI is InChI=1S/C14H26N6O/c1-6-8-15-12-16-13(19(3)4)18-14(17-12)20(5)11-7-9-21-10(11)2/h10-11H,6-9H2,1-5H3,(H,15,16,17,18). The van der Waals surface area contributed by atoms with Crippen LogP contribution in [-0.4, -0.2) is 61.4 Å². The summed E-state index contributed by atoms with van der Waals surface area (Å²) in [4.78, 5) is 17.5.